The molecule has 0 aliphatic heterocycles. The van der Waals surface area contributed by atoms with Crippen molar-refractivity contribution in [2.75, 3.05) is 11.1 Å². The second-order valence-electron chi connectivity index (χ2n) is 7.47. The Morgan fingerprint density at radius 2 is 1.80 bits per heavy atom. The number of rotatable bonds is 3. The maximum Gasteiger partial charge on any atom is 0.152 e. The van der Waals surface area contributed by atoms with E-state index in [-0.39, 0.29) is 0 Å². The molecule has 4 saturated carbocycles. The monoisotopic (exact) mass is 272 g/mol. The van der Waals surface area contributed by atoms with E-state index in [4.69, 9.17) is 5.73 Å². The van der Waals surface area contributed by atoms with Crippen LogP contribution in [0.3, 0.4) is 0 Å². The maximum absolute atomic E-state index is 5.97. The molecule has 20 heavy (non-hydrogen) atoms. The van der Waals surface area contributed by atoms with Gasteiger partial charge in [-0.2, -0.15) is 0 Å². The average Bonchev–Trinajstić information content (AvgIpc) is 2.40. The number of hydrogen-bond acceptors (Lipinski definition) is 4. The first kappa shape index (κ1) is 12.4. The first-order valence-corrected chi connectivity index (χ1v) is 7.97. The van der Waals surface area contributed by atoms with Gasteiger partial charge < -0.3 is 11.1 Å². The van der Waals surface area contributed by atoms with Crippen LogP contribution in [0, 0.1) is 23.2 Å². The summed E-state index contributed by atoms with van der Waals surface area (Å²) in [6.07, 6.45) is 11.9. The van der Waals surface area contributed by atoms with Crippen LogP contribution >= 0.6 is 0 Å². The zero-order chi connectivity index (χ0) is 13.7. The van der Waals surface area contributed by atoms with Crippen LogP contribution in [0.4, 0.5) is 11.5 Å². The second kappa shape index (κ2) is 4.34. The highest BCUT2D eigenvalue weighted by Crippen LogP contribution is 2.61. The van der Waals surface area contributed by atoms with E-state index in [1.54, 1.807) is 12.5 Å². The minimum absolute atomic E-state index is 0.452. The van der Waals surface area contributed by atoms with Crippen molar-refractivity contribution in [3.8, 4) is 0 Å². The SMILES string of the molecule is CC(Nc1ncncc1N)C12CC3CC(CC(C3)C1)C2. The predicted molar refractivity (Wildman–Crippen MR) is 80.1 cm³/mol. The standard InChI is InChI=1S/C16H24N4/c1-10(20-15-14(17)8-18-9-19-15)16-5-11-2-12(6-16)4-13(3-11)7-16/h8-13H,2-7,17H2,1H3,(H,18,19,20). The van der Waals surface area contributed by atoms with Gasteiger partial charge in [0.25, 0.3) is 0 Å². The molecule has 0 saturated heterocycles. The number of nitrogens with one attached hydrogen (secondary N) is 1. The Kier molecular flexibility index (Phi) is 2.69. The third kappa shape index (κ3) is 1.88. The summed E-state index contributed by atoms with van der Waals surface area (Å²) in [5.74, 6) is 3.75. The Balaban J connectivity index is 1.56. The number of hydrogen-bond donors (Lipinski definition) is 2. The van der Waals surface area contributed by atoms with E-state index in [0.29, 0.717) is 17.1 Å². The predicted octanol–water partition coefficient (Wildman–Crippen LogP) is 3.08. The van der Waals surface area contributed by atoms with Crippen molar-refractivity contribution < 1.29 is 0 Å². The van der Waals surface area contributed by atoms with E-state index in [9.17, 15) is 0 Å². The van der Waals surface area contributed by atoms with Crippen LogP contribution in [0.2, 0.25) is 0 Å². The Bertz CT molecular complexity index is 478. The molecule has 4 bridgehead atoms. The van der Waals surface area contributed by atoms with E-state index >= 15 is 0 Å². The molecule has 3 N–H and O–H groups in total. The summed E-state index contributed by atoms with van der Waals surface area (Å²) in [5, 5.41) is 3.59. The van der Waals surface area contributed by atoms with Crippen LogP contribution in [-0.2, 0) is 0 Å². The van der Waals surface area contributed by atoms with E-state index in [0.717, 1.165) is 23.6 Å². The molecule has 1 aromatic rings. The third-order valence-electron chi connectivity index (χ3n) is 6.10. The maximum atomic E-state index is 5.97. The Hall–Kier alpha value is -1.32. The highest BCUT2D eigenvalue weighted by atomic mass is 15.1. The third-order valence-corrected chi connectivity index (χ3v) is 6.10. The molecule has 4 aliphatic carbocycles. The molecule has 4 aliphatic rings. The normalized spacial score (nSPS) is 39.8. The fraction of sp³-hybridized carbons (Fsp3) is 0.750. The lowest BCUT2D eigenvalue weighted by Gasteiger charge is -2.59. The minimum atomic E-state index is 0.452. The van der Waals surface area contributed by atoms with Gasteiger partial charge in [0.1, 0.15) is 6.33 Å². The minimum Gasteiger partial charge on any atom is -0.394 e. The molecule has 1 unspecified atom stereocenters. The first-order chi connectivity index (χ1) is 9.64. The highest BCUT2D eigenvalue weighted by molar-refractivity contribution is 5.59. The van der Waals surface area contributed by atoms with Crippen LogP contribution in [0.1, 0.15) is 45.4 Å². The molecule has 1 aromatic heterocycles. The molecule has 4 fully saturated rings. The Morgan fingerprint density at radius 1 is 1.20 bits per heavy atom. The van der Waals surface area contributed by atoms with Crippen LogP contribution in [-0.4, -0.2) is 16.0 Å². The van der Waals surface area contributed by atoms with Crippen molar-refractivity contribution in [1.82, 2.24) is 9.97 Å². The Labute approximate surface area is 120 Å². The zero-order valence-electron chi connectivity index (χ0n) is 12.2. The molecule has 5 rings (SSSR count). The first-order valence-electron chi connectivity index (χ1n) is 7.97. The van der Waals surface area contributed by atoms with E-state index in [1.165, 1.54) is 38.5 Å². The van der Waals surface area contributed by atoms with Crippen molar-refractivity contribution >= 4 is 11.5 Å². The van der Waals surface area contributed by atoms with Crippen LogP contribution in [0.15, 0.2) is 12.5 Å². The molecular formula is C16H24N4. The summed E-state index contributed by atoms with van der Waals surface area (Å²) in [4.78, 5) is 8.27. The summed E-state index contributed by atoms with van der Waals surface area (Å²) in [7, 11) is 0. The number of nitrogen functional groups attached to an aromatic ring is 1. The van der Waals surface area contributed by atoms with Gasteiger partial charge in [-0.15, -0.1) is 0 Å². The lowest BCUT2D eigenvalue weighted by atomic mass is 9.48. The van der Waals surface area contributed by atoms with Gasteiger partial charge in [-0.25, -0.2) is 9.97 Å². The van der Waals surface area contributed by atoms with Crippen LogP contribution in [0.25, 0.3) is 0 Å². The number of nitrogens with two attached hydrogens (primary N) is 1. The van der Waals surface area contributed by atoms with Gasteiger partial charge in [0, 0.05) is 6.04 Å². The molecule has 1 heterocycles. The van der Waals surface area contributed by atoms with Gasteiger partial charge in [-0.3, -0.25) is 0 Å². The summed E-state index contributed by atoms with van der Waals surface area (Å²) in [6.45, 7) is 2.33. The Morgan fingerprint density at radius 3 is 2.35 bits per heavy atom. The van der Waals surface area contributed by atoms with Gasteiger partial charge >= 0.3 is 0 Å². The van der Waals surface area contributed by atoms with Gasteiger partial charge in [-0.05, 0) is 68.6 Å². The molecule has 1 atom stereocenters. The summed E-state index contributed by atoms with van der Waals surface area (Å²) < 4.78 is 0. The molecular weight excluding hydrogens is 248 g/mol. The summed E-state index contributed by atoms with van der Waals surface area (Å²) >= 11 is 0. The molecule has 4 heteroatoms. The van der Waals surface area contributed by atoms with Crippen molar-refractivity contribution in [2.45, 2.75) is 51.5 Å². The van der Waals surface area contributed by atoms with Crippen LogP contribution in [0.5, 0.6) is 0 Å². The van der Waals surface area contributed by atoms with Gasteiger partial charge in [0.05, 0.1) is 11.9 Å². The van der Waals surface area contributed by atoms with Gasteiger partial charge in [0.2, 0.25) is 0 Å². The number of aromatic nitrogens is 2. The quantitative estimate of drug-likeness (QED) is 0.887. The smallest absolute Gasteiger partial charge is 0.152 e. The fourth-order valence-electron chi connectivity index (χ4n) is 5.53. The van der Waals surface area contributed by atoms with E-state index in [2.05, 4.69) is 22.2 Å². The highest BCUT2D eigenvalue weighted by Gasteiger charge is 2.53. The second-order valence-corrected chi connectivity index (χ2v) is 7.47. The lowest BCUT2D eigenvalue weighted by molar-refractivity contribution is -0.0603. The van der Waals surface area contributed by atoms with Crippen molar-refractivity contribution in [3.05, 3.63) is 12.5 Å². The van der Waals surface area contributed by atoms with Crippen molar-refractivity contribution in [1.29, 1.82) is 0 Å². The van der Waals surface area contributed by atoms with Gasteiger partial charge in [0.15, 0.2) is 5.82 Å². The van der Waals surface area contributed by atoms with Crippen LogP contribution < -0.4 is 11.1 Å². The summed E-state index contributed by atoms with van der Waals surface area (Å²) in [5.41, 5.74) is 7.11. The molecule has 0 radical (unpaired) electrons. The topological polar surface area (TPSA) is 63.8 Å². The molecule has 108 valence electrons. The fourth-order valence-corrected chi connectivity index (χ4v) is 5.53. The van der Waals surface area contributed by atoms with Crippen molar-refractivity contribution in [2.24, 2.45) is 23.2 Å². The average molecular weight is 272 g/mol. The summed E-state index contributed by atoms with van der Waals surface area (Å²) in [6, 6.07) is 0.452. The molecule has 0 aromatic carbocycles. The number of anilines is 2. The zero-order valence-corrected chi connectivity index (χ0v) is 12.2. The van der Waals surface area contributed by atoms with E-state index < -0.39 is 0 Å². The molecule has 4 nitrogen and oxygen atoms in total. The van der Waals surface area contributed by atoms with Gasteiger partial charge in [-0.1, -0.05) is 0 Å². The van der Waals surface area contributed by atoms with E-state index in [1.807, 2.05) is 0 Å². The lowest BCUT2D eigenvalue weighted by Crippen LogP contribution is -2.53. The van der Waals surface area contributed by atoms with Crippen molar-refractivity contribution in [3.63, 3.8) is 0 Å². The molecule has 0 spiro atoms. The number of nitrogens with zero attached hydrogens (tertiary/aromatic N) is 2. The molecule has 0 amide bonds. The largest absolute Gasteiger partial charge is 0.394 e.